The topological polar surface area (TPSA) is 78.7 Å². The minimum absolute atomic E-state index is 0.0139. The average Bonchev–Trinajstić information content (AvgIpc) is 2.92. The molecule has 0 atom stereocenters. The van der Waals surface area contributed by atoms with E-state index >= 15 is 0 Å². The van der Waals surface area contributed by atoms with Gasteiger partial charge in [-0.3, -0.25) is 14.6 Å². The second-order valence-electron chi connectivity index (χ2n) is 6.60. The van der Waals surface area contributed by atoms with Crippen molar-refractivity contribution in [2.45, 2.75) is 32.7 Å². The van der Waals surface area contributed by atoms with Crippen LogP contribution in [0.2, 0.25) is 10.3 Å². The van der Waals surface area contributed by atoms with Crippen molar-refractivity contribution >= 4 is 41.0 Å². The highest BCUT2D eigenvalue weighted by Gasteiger charge is 2.36. The molecule has 0 saturated heterocycles. The molecule has 1 aliphatic rings. The Hall–Kier alpha value is -2.09. The first-order valence-corrected chi connectivity index (χ1v) is 9.94. The molecule has 2 aromatic rings. The fourth-order valence-corrected chi connectivity index (χ4v) is 3.59. The number of aliphatic hydroxyl groups is 1. The largest absolute Gasteiger partial charge is 0.396 e. The Morgan fingerprint density at radius 2 is 1.82 bits per heavy atom. The van der Waals surface area contributed by atoms with E-state index in [1.807, 2.05) is 19.1 Å². The molecule has 1 aliphatic heterocycles. The Labute approximate surface area is 173 Å². The Morgan fingerprint density at radius 3 is 2.46 bits per heavy atom. The first-order valence-electron chi connectivity index (χ1n) is 9.18. The van der Waals surface area contributed by atoms with Crippen LogP contribution < -0.4 is 4.90 Å². The van der Waals surface area contributed by atoms with Crippen LogP contribution in [-0.2, 0) is 17.8 Å². The number of urea groups is 1. The fourth-order valence-electron chi connectivity index (χ4n) is 3.22. The lowest BCUT2D eigenvalue weighted by atomic mass is 10.2. The molecule has 7 nitrogen and oxygen atoms in total. The molecule has 28 heavy (non-hydrogen) atoms. The molecule has 2 heterocycles. The van der Waals surface area contributed by atoms with Crippen molar-refractivity contribution < 1.29 is 14.7 Å². The van der Waals surface area contributed by atoms with Gasteiger partial charge in [-0.1, -0.05) is 30.7 Å². The van der Waals surface area contributed by atoms with Gasteiger partial charge in [-0.15, -0.1) is 0 Å². The molecular weight excluding hydrogens is 403 g/mol. The number of aromatic nitrogens is 2. The van der Waals surface area contributed by atoms with E-state index in [1.54, 1.807) is 16.7 Å². The van der Waals surface area contributed by atoms with Crippen LogP contribution in [0.1, 0.15) is 31.0 Å². The Bertz CT molecular complexity index is 867. The average molecular weight is 425 g/mol. The van der Waals surface area contributed by atoms with Crippen LogP contribution in [0.25, 0.3) is 0 Å². The van der Waals surface area contributed by atoms with Gasteiger partial charge < -0.3 is 9.67 Å². The number of nitrogens with zero attached hydrogens (tertiary/aromatic N) is 4. The molecule has 3 amide bonds. The first-order chi connectivity index (χ1) is 13.5. The number of rotatable bonds is 7. The molecule has 1 aromatic carbocycles. The van der Waals surface area contributed by atoms with Gasteiger partial charge in [0.05, 0.1) is 18.7 Å². The molecular formula is C19H22Cl2N4O3. The minimum atomic E-state index is -0.424. The van der Waals surface area contributed by atoms with E-state index in [0.717, 1.165) is 5.56 Å². The number of amides is 3. The van der Waals surface area contributed by atoms with Crippen LogP contribution in [0.4, 0.5) is 10.6 Å². The number of hydrogen-bond acceptors (Lipinski definition) is 4. The summed E-state index contributed by atoms with van der Waals surface area (Å²) in [5.41, 5.74) is 1.56. The van der Waals surface area contributed by atoms with Crippen LogP contribution in [0.15, 0.2) is 24.3 Å². The van der Waals surface area contributed by atoms with Gasteiger partial charge in [0, 0.05) is 24.7 Å². The summed E-state index contributed by atoms with van der Waals surface area (Å²) in [5.74, 6) is 0.0953. The third kappa shape index (κ3) is 4.16. The van der Waals surface area contributed by atoms with Crippen LogP contribution in [0, 0.1) is 0 Å². The van der Waals surface area contributed by atoms with Gasteiger partial charge in [-0.05, 0) is 42.1 Å². The monoisotopic (exact) mass is 424 g/mol. The zero-order valence-corrected chi connectivity index (χ0v) is 17.1. The molecule has 1 N–H and O–H groups in total. The van der Waals surface area contributed by atoms with E-state index < -0.39 is 6.03 Å². The van der Waals surface area contributed by atoms with Gasteiger partial charge in [0.2, 0.25) is 11.2 Å². The lowest BCUT2D eigenvalue weighted by Gasteiger charge is -2.25. The molecule has 0 aliphatic carbocycles. The highest BCUT2D eigenvalue weighted by molar-refractivity contribution is 6.30. The highest BCUT2D eigenvalue weighted by atomic mass is 35.5. The minimum Gasteiger partial charge on any atom is -0.396 e. The lowest BCUT2D eigenvalue weighted by molar-refractivity contribution is -0.127. The van der Waals surface area contributed by atoms with Crippen molar-refractivity contribution in [1.82, 2.24) is 14.5 Å². The molecule has 0 fully saturated rings. The summed E-state index contributed by atoms with van der Waals surface area (Å²) in [4.78, 5) is 32.9. The molecule has 0 radical (unpaired) electrons. The summed E-state index contributed by atoms with van der Waals surface area (Å²) in [5, 5.41) is 9.96. The van der Waals surface area contributed by atoms with Crippen molar-refractivity contribution in [2.24, 2.45) is 0 Å². The standard InChI is InChI=1S/C19H22Cl2N4O3/c1-2-8-24-17-15(11-16(27)23(19(24)28)9-3-10-26)25(18(21)22-17)12-13-4-6-14(20)7-5-13/h4-7,26H,2-3,8-12H2,1H3. The second-order valence-corrected chi connectivity index (χ2v) is 7.37. The number of fused-ring (bicyclic) bond motifs is 1. The molecule has 0 bridgehead atoms. The number of halogens is 2. The number of benzene rings is 1. The van der Waals surface area contributed by atoms with Crippen LogP contribution in [-0.4, -0.2) is 51.2 Å². The summed E-state index contributed by atoms with van der Waals surface area (Å²) in [6.07, 6.45) is 1.05. The quantitative estimate of drug-likeness (QED) is 0.738. The number of imide groups is 1. The second kappa shape index (κ2) is 8.94. The summed E-state index contributed by atoms with van der Waals surface area (Å²) < 4.78 is 1.75. The Balaban J connectivity index is 2.00. The van der Waals surface area contributed by atoms with Crippen LogP contribution in [0.3, 0.4) is 0 Å². The smallest absolute Gasteiger partial charge is 0.332 e. The molecule has 0 saturated carbocycles. The normalized spacial score (nSPS) is 14.4. The van der Waals surface area contributed by atoms with Crippen LogP contribution >= 0.6 is 23.2 Å². The zero-order chi connectivity index (χ0) is 20.3. The SMILES string of the molecule is CCCN1C(=O)N(CCCO)C(=O)Cc2c1nc(Cl)n2Cc1ccc(Cl)cc1. The molecule has 150 valence electrons. The van der Waals surface area contributed by atoms with Crippen molar-refractivity contribution in [2.75, 3.05) is 24.6 Å². The number of carbonyl (C=O) groups is 2. The summed E-state index contributed by atoms with van der Waals surface area (Å²) in [7, 11) is 0. The van der Waals surface area contributed by atoms with Gasteiger partial charge >= 0.3 is 6.03 Å². The van der Waals surface area contributed by atoms with Crippen molar-refractivity contribution in [3.63, 3.8) is 0 Å². The van der Waals surface area contributed by atoms with E-state index in [2.05, 4.69) is 4.98 Å². The summed E-state index contributed by atoms with van der Waals surface area (Å²) >= 11 is 12.3. The van der Waals surface area contributed by atoms with Crippen molar-refractivity contribution in [3.05, 3.63) is 45.8 Å². The molecule has 0 spiro atoms. The third-order valence-electron chi connectivity index (χ3n) is 4.58. The summed E-state index contributed by atoms with van der Waals surface area (Å²) in [6.45, 7) is 2.86. The fraction of sp³-hybridized carbons (Fsp3) is 0.421. The molecule has 9 heteroatoms. The van der Waals surface area contributed by atoms with Crippen LogP contribution in [0.5, 0.6) is 0 Å². The predicted octanol–water partition coefficient (Wildman–Crippen LogP) is 3.34. The Morgan fingerprint density at radius 1 is 1.11 bits per heavy atom. The number of imidazole rings is 1. The van der Waals surface area contributed by atoms with E-state index in [4.69, 9.17) is 28.3 Å². The predicted molar refractivity (Wildman–Crippen MR) is 108 cm³/mol. The number of carbonyl (C=O) groups excluding carboxylic acids is 2. The van der Waals surface area contributed by atoms with Gasteiger partial charge in [-0.25, -0.2) is 4.79 Å². The maximum atomic E-state index is 13.0. The van der Waals surface area contributed by atoms with Gasteiger partial charge in [0.15, 0.2) is 5.82 Å². The van der Waals surface area contributed by atoms with Gasteiger partial charge in [0.25, 0.3) is 0 Å². The van der Waals surface area contributed by atoms with Crippen molar-refractivity contribution in [3.8, 4) is 0 Å². The maximum absolute atomic E-state index is 13.0. The maximum Gasteiger partial charge on any atom is 0.332 e. The highest BCUT2D eigenvalue weighted by Crippen LogP contribution is 2.30. The molecule has 0 unspecified atom stereocenters. The van der Waals surface area contributed by atoms with Gasteiger partial charge in [-0.2, -0.15) is 4.98 Å². The first kappa shape index (κ1) is 20.6. The number of anilines is 1. The third-order valence-corrected chi connectivity index (χ3v) is 5.12. The summed E-state index contributed by atoms with van der Waals surface area (Å²) in [6, 6.07) is 6.91. The van der Waals surface area contributed by atoms with E-state index in [1.165, 1.54) is 9.80 Å². The van der Waals surface area contributed by atoms with Gasteiger partial charge in [0.1, 0.15) is 0 Å². The zero-order valence-electron chi connectivity index (χ0n) is 15.6. The molecule has 3 rings (SSSR count). The Kier molecular flexibility index (Phi) is 6.59. The van der Waals surface area contributed by atoms with E-state index in [0.29, 0.717) is 42.5 Å². The van der Waals surface area contributed by atoms with E-state index in [9.17, 15) is 9.59 Å². The lowest BCUT2D eigenvalue weighted by Crippen LogP contribution is -2.46. The van der Waals surface area contributed by atoms with Crippen molar-refractivity contribution in [1.29, 1.82) is 0 Å². The number of hydrogen-bond donors (Lipinski definition) is 1. The number of aliphatic hydroxyl groups excluding tert-OH is 1. The van der Waals surface area contributed by atoms with E-state index in [-0.39, 0.29) is 30.8 Å². The molecule has 1 aromatic heterocycles.